The molecule has 2 aromatic rings. The van der Waals surface area contributed by atoms with Gasteiger partial charge in [0.2, 0.25) is 5.82 Å². The highest BCUT2D eigenvalue weighted by atomic mass is 32.1. The summed E-state index contributed by atoms with van der Waals surface area (Å²) in [6, 6.07) is -0.413. The Morgan fingerprint density at radius 3 is 2.74 bits per heavy atom. The van der Waals surface area contributed by atoms with Crippen LogP contribution in [0.25, 0.3) is 0 Å². The van der Waals surface area contributed by atoms with Gasteiger partial charge in [-0.15, -0.1) is 16.4 Å². The lowest BCUT2D eigenvalue weighted by Crippen LogP contribution is -2.27. The van der Waals surface area contributed by atoms with E-state index >= 15 is 0 Å². The fraction of sp³-hybridized carbons (Fsp3) is 0.300. The average molecular weight is 281 g/mol. The Balaban J connectivity index is 2.05. The minimum atomic E-state index is -1.09. The molecule has 2 heterocycles. The summed E-state index contributed by atoms with van der Waals surface area (Å²) in [5.74, 6) is -0.950. The maximum Gasteiger partial charge on any atom is 0.355 e. The third-order valence-corrected chi connectivity index (χ3v) is 3.29. The smallest absolute Gasteiger partial charge is 0.355 e. The zero-order valence-corrected chi connectivity index (χ0v) is 11.0. The van der Waals surface area contributed by atoms with Crippen molar-refractivity contribution in [3.8, 4) is 0 Å². The first-order chi connectivity index (χ1) is 8.97. The zero-order chi connectivity index (χ0) is 14.0. The third-order valence-electron chi connectivity index (χ3n) is 2.26. The second kappa shape index (κ2) is 5.14. The Hall–Kier alpha value is -2.29. The number of aryl methyl sites for hydroxylation is 1. The molecule has 0 aliphatic heterocycles. The summed E-state index contributed by atoms with van der Waals surface area (Å²) in [5.41, 5.74) is -0.0326. The van der Waals surface area contributed by atoms with Gasteiger partial charge in [-0.05, 0) is 13.8 Å². The van der Waals surface area contributed by atoms with Crippen molar-refractivity contribution in [1.29, 1.82) is 0 Å². The van der Waals surface area contributed by atoms with E-state index in [1.807, 2.05) is 0 Å². The minimum Gasteiger partial charge on any atom is -0.476 e. The number of rotatable bonds is 4. The van der Waals surface area contributed by atoms with Crippen molar-refractivity contribution < 1.29 is 14.7 Å². The Morgan fingerprint density at radius 2 is 2.21 bits per heavy atom. The molecule has 100 valence electrons. The highest BCUT2D eigenvalue weighted by molar-refractivity contribution is 7.09. The highest BCUT2D eigenvalue weighted by Crippen LogP contribution is 2.18. The van der Waals surface area contributed by atoms with Gasteiger partial charge in [-0.1, -0.05) is 0 Å². The number of carboxylic acids is 1. The van der Waals surface area contributed by atoms with Gasteiger partial charge in [-0.2, -0.15) is 0 Å². The first kappa shape index (κ1) is 13.1. The van der Waals surface area contributed by atoms with E-state index in [-0.39, 0.29) is 11.5 Å². The maximum absolute atomic E-state index is 11.8. The number of amides is 1. The monoisotopic (exact) mass is 281 g/mol. The highest BCUT2D eigenvalue weighted by Gasteiger charge is 2.18. The molecule has 0 spiro atoms. The molecule has 0 bridgehead atoms. The summed E-state index contributed by atoms with van der Waals surface area (Å²) in [7, 11) is 0. The van der Waals surface area contributed by atoms with Crippen LogP contribution in [0.5, 0.6) is 0 Å². The van der Waals surface area contributed by atoms with Gasteiger partial charge in [0, 0.05) is 5.38 Å². The quantitative estimate of drug-likeness (QED) is 0.760. The van der Waals surface area contributed by atoms with Gasteiger partial charge in [0.15, 0.2) is 5.69 Å². The molecule has 0 aliphatic rings. The number of nitrogens with zero attached hydrogens (tertiary/aromatic N) is 3. The van der Waals surface area contributed by atoms with Crippen LogP contribution in [0.15, 0.2) is 5.38 Å². The molecular weight excluding hydrogens is 270 g/mol. The molecule has 0 saturated carbocycles. The molecule has 3 N–H and O–H groups in total. The first-order valence-electron chi connectivity index (χ1n) is 5.36. The number of H-pyrrole nitrogens is 1. The van der Waals surface area contributed by atoms with Crippen LogP contribution in [-0.2, 0) is 0 Å². The summed E-state index contributed by atoms with van der Waals surface area (Å²) >= 11 is 1.17. The third kappa shape index (κ3) is 2.94. The van der Waals surface area contributed by atoms with E-state index in [9.17, 15) is 9.59 Å². The number of aromatic carboxylic acids is 1. The van der Waals surface area contributed by atoms with Gasteiger partial charge in [-0.3, -0.25) is 9.89 Å². The molecule has 2 aromatic heterocycles. The zero-order valence-electron chi connectivity index (χ0n) is 10.2. The van der Waals surface area contributed by atoms with Crippen molar-refractivity contribution in [1.82, 2.24) is 25.5 Å². The van der Waals surface area contributed by atoms with E-state index in [4.69, 9.17) is 5.11 Å². The lowest BCUT2D eigenvalue weighted by atomic mass is 10.3. The van der Waals surface area contributed by atoms with Crippen molar-refractivity contribution in [3.05, 3.63) is 27.7 Å². The van der Waals surface area contributed by atoms with Crippen LogP contribution in [0, 0.1) is 6.92 Å². The number of thiazole rings is 1. The van der Waals surface area contributed by atoms with Crippen LogP contribution in [-0.4, -0.2) is 37.1 Å². The van der Waals surface area contributed by atoms with Crippen molar-refractivity contribution in [2.24, 2.45) is 0 Å². The molecule has 1 unspecified atom stereocenters. The van der Waals surface area contributed by atoms with Crippen LogP contribution in [0.2, 0.25) is 0 Å². The number of hydrogen-bond acceptors (Lipinski definition) is 6. The van der Waals surface area contributed by atoms with Gasteiger partial charge in [0.05, 0.1) is 6.04 Å². The van der Waals surface area contributed by atoms with Gasteiger partial charge >= 0.3 is 5.97 Å². The lowest BCUT2D eigenvalue weighted by molar-refractivity contribution is 0.0691. The fourth-order valence-corrected chi connectivity index (χ4v) is 2.15. The number of hydrogen-bond donors (Lipinski definition) is 3. The first-order valence-corrected chi connectivity index (χ1v) is 6.24. The largest absolute Gasteiger partial charge is 0.476 e. The van der Waals surface area contributed by atoms with E-state index in [0.29, 0.717) is 10.8 Å². The van der Waals surface area contributed by atoms with E-state index in [1.54, 1.807) is 13.8 Å². The Bertz CT molecular complexity index is 620. The van der Waals surface area contributed by atoms with E-state index in [2.05, 4.69) is 25.5 Å². The predicted octanol–water partition coefficient (Wildman–Crippen LogP) is 0.759. The molecule has 0 radical (unpaired) electrons. The van der Waals surface area contributed by atoms with Crippen LogP contribution in [0.1, 0.15) is 44.9 Å². The standard InChI is InChI=1S/C10H11N5O3S/c1-4(9-13-6(3-19-9)10(17)18)11-8(16)7-12-5(2)14-15-7/h3-4H,1-2H3,(H,11,16)(H,17,18)(H,12,14,15). The second-order valence-corrected chi connectivity index (χ2v) is 4.71. The van der Waals surface area contributed by atoms with Gasteiger partial charge in [0.25, 0.3) is 5.91 Å². The Labute approximate surface area is 111 Å². The normalized spacial score (nSPS) is 12.1. The van der Waals surface area contributed by atoms with Crippen molar-refractivity contribution >= 4 is 23.2 Å². The Kier molecular flexibility index (Phi) is 3.56. The van der Waals surface area contributed by atoms with E-state index in [0.717, 1.165) is 0 Å². The SMILES string of the molecule is Cc1nc(C(=O)NC(C)c2nc(C(=O)O)cs2)n[nH]1. The molecule has 0 aromatic carbocycles. The summed E-state index contributed by atoms with van der Waals surface area (Å²) in [6.07, 6.45) is 0. The molecule has 0 aliphatic carbocycles. The average Bonchev–Trinajstić information content (AvgIpc) is 2.96. The molecule has 8 nitrogen and oxygen atoms in total. The summed E-state index contributed by atoms with van der Waals surface area (Å²) in [5, 5.41) is 19.7. The molecule has 9 heteroatoms. The molecule has 0 saturated heterocycles. The molecule has 1 atom stereocenters. The molecule has 0 fully saturated rings. The van der Waals surface area contributed by atoms with Crippen LogP contribution >= 0.6 is 11.3 Å². The Morgan fingerprint density at radius 1 is 1.47 bits per heavy atom. The number of carboxylic acid groups (broad SMARTS) is 1. The predicted molar refractivity (Wildman–Crippen MR) is 66.1 cm³/mol. The molecule has 2 rings (SSSR count). The van der Waals surface area contributed by atoms with Crippen LogP contribution < -0.4 is 5.32 Å². The second-order valence-electron chi connectivity index (χ2n) is 3.82. The minimum absolute atomic E-state index is 0.0326. The lowest BCUT2D eigenvalue weighted by Gasteiger charge is -2.08. The van der Waals surface area contributed by atoms with Crippen molar-refractivity contribution in [3.63, 3.8) is 0 Å². The summed E-state index contributed by atoms with van der Waals surface area (Å²) < 4.78 is 0. The molecule has 1 amide bonds. The van der Waals surface area contributed by atoms with Gasteiger partial charge in [-0.25, -0.2) is 14.8 Å². The summed E-state index contributed by atoms with van der Waals surface area (Å²) in [6.45, 7) is 3.40. The van der Waals surface area contributed by atoms with Crippen molar-refractivity contribution in [2.75, 3.05) is 0 Å². The van der Waals surface area contributed by atoms with Crippen LogP contribution in [0.3, 0.4) is 0 Å². The van der Waals surface area contributed by atoms with Crippen LogP contribution in [0.4, 0.5) is 0 Å². The van der Waals surface area contributed by atoms with Gasteiger partial charge in [0.1, 0.15) is 10.8 Å². The summed E-state index contributed by atoms with van der Waals surface area (Å²) in [4.78, 5) is 30.3. The number of aromatic nitrogens is 4. The maximum atomic E-state index is 11.8. The number of aromatic amines is 1. The molecule has 19 heavy (non-hydrogen) atoms. The van der Waals surface area contributed by atoms with E-state index in [1.165, 1.54) is 16.7 Å². The fourth-order valence-electron chi connectivity index (χ4n) is 1.35. The van der Waals surface area contributed by atoms with Crippen molar-refractivity contribution in [2.45, 2.75) is 19.9 Å². The number of nitrogens with one attached hydrogen (secondary N) is 2. The number of carbonyl (C=O) groups is 2. The van der Waals surface area contributed by atoms with Gasteiger partial charge < -0.3 is 10.4 Å². The topological polar surface area (TPSA) is 121 Å². The number of carbonyl (C=O) groups excluding carboxylic acids is 1. The molecular formula is C10H11N5O3S. The van der Waals surface area contributed by atoms with E-state index < -0.39 is 17.9 Å².